The number of thioether (sulfide) groups is 1. The second kappa shape index (κ2) is 6.01. The topological polar surface area (TPSA) is 68.0 Å². The Morgan fingerprint density at radius 1 is 1.45 bits per heavy atom. The summed E-state index contributed by atoms with van der Waals surface area (Å²) in [6.45, 7) is 0.751. The molecule has 1 aliphatic heterocycles. The van der Waals surface area contributed by atoms with E-state index in [1.807, 2.05) is 23.9 Å². The van der Waals surface area contributed by atoms with Crippen molar-refractivity contribution < 1.29 is 4.79 Å². The maximum Gasteiger partial charge on any atom is 0.263 e. The number of nitrogens with zero attached hydrogens (tertiary/aromatic N) is 1. The molecule has 1 amide bonds. The molecule has 0 spiro atoms. The number of nitrogens with one attached hydrogen (secondary N) is 1. The average Bonchev–Trinajstić information content (AvgIpc) is 2.84. The average molecular weight is 307 g/mol. The molecule has 0 radical (unpaired) electrons. The third-order valence-corrected chi connectivity index (χ3v) is 5.78. The van der Waals surface area contributed by atoms with Gasteiger partial charge in [-0.3, -0.25) is 4.79 Å². The maximum atomic E-state index is 12.3. The van der Waals surface area contributed by atoms with E-state index >= 15 is 0 Å². The molecule has 0 atom stereocenters. The normalized spacial score (nSPS) is 16.4. The zero-order valence-corrected chi connectivity index (χ0v) is 12.7. The predicted molar refractivity (Wildman–Crippen MR) is 86.4 cm³/mol. The number of carbonyl (C=O) groups is 1. The van der Waals surface area contributed by atoms with E-state index < -0.39 is 0 Å². The van der Waals surface area contributed by atoms with Crippen LogP contribution in [0.2, 0.25) is 0 Å². The summed E-state index contributed by atoms with van der Waals surface area (Å²) in [4.78, 5) is 17.9. The van der Waals surface area contributed by atoms with Crippen molar-refractivity contribution >= 4 is 44.9 Å². The van der Waals surface area contributed by atoms with Crippen molar-refractivity contribution in [3.05, 3.63) is 23.2 Å². The quantitative estimate of drug-likeness (QED) is 0.915. The van der Waals surface area contributed by atoms with Crippen molar-refractivity contribution in [2.45, 2.75) is 12.8 Å². The molecule has 1 aliphatic rings. The van der Waals surface area contributed by atoms with Crippen molar-refractivity contribution in [3.8, 4) is 0 Å². The monoisotopic (exact) mass is 307 g/mol. The van der Waals surface area contributed by atoms with E-state index in [9.17, 15) is 4.79 Å². The van der Waals surface area contributed by atoms with Crippen LogP contribution in [0.3, 0.4) is 0 Å². The minimum atomic E-state index is -0.0660. The number of carbonyl (C=O) groups excluding carboxylic acids is 1. The molecule has 0 aromatic carbocycles. The molecule has 0 aliphatic carbocycles. The third-order valence-electron chi connectivity index (χ3n) is 3.60. The summed E-state index contributed by atoms with van der Waals surface area (Å²) in [5, 5.41) is 3.90. The molecule has 6 heteroatoms. The fourth-order valence-corrected chi connectivity index (χ4v) is 4.57. The van der Waals surface area contributed by atoms with Crippen molar-refractivity contribution in [2.75, 3.05) is 23.8 Å². The van der Waals surface area contributed by atoms with Gasteiger partial charge in [0.1, 0.15) is 9.71 Å². The van der Waals surface area contributed by atoms with Crippen LogP contribution in [-0.2, 0) is 0 Å². The van der Waals surface area contributed by atoms with Crippen molar-refractivity contribution in [1.82, 2.24) is 10.3 Å². The molecule has 2 aromatic heterocycles. The Morgan fingerprint density at radius 2 is 2.25 bits per heavy atom. The molecule has 0 saturated carbocycles. The molecule has 3 heterocycles. The third kappa shape index (κ3) is 2.76. The highest BCUT2D eigenvalue weighted by Gasteiger charge is 2.19. The van der Waals surface area contributed by atoms with E-state index in [0.717, 1.165) is 16.8 Å². The molecule has 106 valence electrons. The first-order valence-corrected chi connectivity index (χ1v) is 8.72. The van der Waals surface area contributed by atoms with Gasteiger partial charge in [0.25, 0.3) is 5.91 Å². The fraction of sp³-hybridized carbons (Fsp3) is 0.429. The summed E-state index contributed by atoms with van der Waals surface area (Å²) in [5.74, 6) is 2.95. The first kappa shape index (κ1) is 13.7. The van der Waals surface area contributed by atoms with Crippen LogP contribution >= 0.6 is 23.1 Å². The Kier molecular flexibility index (Phi) is 4.12. The van der Waals surface area contributed by atoms with Crippen molar-refractivity contribution in [1.29, 1.82) is 0 Å². The van der Waals surface area contributed by atoms with Gasteiger partial charge >= 0.3 is 0 Å². The van der Waals surface area contributed by atoms with Crippen molar-refractivity contribution in [3.63, 3.8) is 0 Å². The minimum Gasteiger partial charge on any atom is -0.397 e. The van der Waals surface area contributed by atoms with Crippen molar-refractivity contribution in [2.24, 2.45) is 5.92 Å². The predicted octanol–water partition coefficient (Wildman–Crippen LogP) is 2.75. The summed E-state index contributed by atoms with van der Waals surface area (Å²) in [6, 6.07) is 3.75. The Bertz CT molecular complexity index is 620. The van der Waals surface area contributed by atoms with E-state index in [2.05, 4.69) is 10.3 Å². The highest BCUT2D eigenvalue weighted by molar-refractivity contribution is 7.99. The first-order chi connectivity index (χ1) is 9.75. The number of hydrogen-bond acceptors (Lipinski definition) is 5. The summed E-state index contributed by atoms with van der Waals surface area (Å²) < 4.78 is 0. The van der Waals surface area contributed by atoms with Gasteiger partial charge in [0.05, 0.1) is 5.69 Å². The zero-order valence-electron chi connectivity index (χ0n) is 11.1. The van der Waals surface area contributed by atoms with Crippen LogP contribution < -0.4 is 11.1 Å². The number of nitrogens with two attached hydrogens (primary N) is 1. The van der Waals surface area contributed by atoms with Gasteiger partial charge < -0.3 is 11.1 Å². The Morgan fingerprint density at radius 3 is 3.00 bits per heavy atom. The van der Waals surface area contributed by atoms with Gasteiger partial charge in [-0.25, -0.2) is 4.98 Å². The van der Waals surface area contributed by atoms with Crippen LogP contribution in [0.15, 0.2) is 18.3 Å². The summed E-state index contributed by atoms with van der Waals surface area (Å²) in [6.07, 6.45) is 4.10. The highest BCUT2D eigenvalue weighted by atomic mass is 32.2. The lowest BCUT2D eigenvalue weighted by molar-refractivity contribution is 0.0951. The van der Waals surface area contributed by atoms with Crippen LogP contribution in [-0.4, -0.2) is 28.9 Å². The van der Waals surface area contributed by atoms with E-state index in [1.165, 1.54) is 35.7 Å². The largest absolute Gasteiger partial charge is 0.397 e. The van der Waals surface area contributed by atoms with Crippen LogP contribution in [0.5, 0.6) is 0 Å². The molecule has 2 aromatic rings. The second-order valence-electron chi connectivity index (χ2n) is 4.97. The number of rotatable bonds is 3. The van der Waals surface area contributed by atoms with E-state index in [1.54, 1.807) is 6.20 Å². The van der Waals surface area contributed by atoms with Crippen LogP contribution in [0.1, 0.15) is 22.5 Å². The molecule has 1 fully saturated rings. The van der Waals surface area contributed by atoms with Gasteiger partial charge in [-0.05, 0) is 42.4 Å². The Labute approximate surface area is 126 Å². The number of thiophene rings is 1. The molecule has 20 heavy (non-hydrogen) atoms. The Hall–Kier alpha value is -1.27. The standard InChI is InChI=1S/C14H17N3OS2/c15-11-10-2-1-5-16-14(10)20-12(11)13(18)17-8-9-3-6-19-7-4-9/h1-2,5,9H,3-4,6-8,15H2,(H,17,18). The summed E-state index contributed by atoms with van der Waals surface area (Å²) >= 11 is 3.36. The number of nitrogen functional groups attached to an aromatic ring is 1. The lowest BCUT2D eigenvalue weighted by Gasteiger charge is -2.21. The van der Waals surface area contributed by atoms with Crippen LogP contribution in [0.4, 0.5) is 5.69 Å². The minimum absolute atomic E-state index is 0.0660. The number of aromatic nitrogens is 1. The first-order valence-electron chi connectivity index (χ1n) is 6.74. The van der Waals surface area contributed by atoms with Gasteiger partial charge in [0, 0.05) is 18.1 Å². The number of amides is 1. The van der Waals surface area contributed by atoms with Gasteiger partial charge in [-0.2, -0.15) is 11.8 Å². The lowest BCUT2D eigenvalue weighted by atomic mass is 10.0. The van der Waals surface area contributed by atoms with Crippen LogP contribution in [0.25, 0.3) is 10.2 Å². The van der Waals surface area contributed by atoms with Gasteiger partial charge in [-0.1, -0.05) is 0 Å². The summed E-state index contributed by atoms with van der Waals surface area (Å²) in [7, 11) is 0. The molecular formula is C14H17N3OS2. The van der Waals surface area contributed by atoms with Gasteiger partial charge in [0.15, 0.2) is 0 Å². The maximum absolute atomic E-state index is 12.3. The zero-order chi connectivity index (χ0) is 13.9. The fourth-order valence-electron chi connectivity index (χ4n) is 2.39. The van der Waals surface area contributed by atoms with E-state index in [-0.39, 0.29) is 5.91 Å². The van der Waals surface area contributed by atoms with Gasteiger partial charge in [-0.15, -0.1) is 11.3 Å². The molecule has 0 unspecified atom stereocenters. The molecule has 4 nitrogen and oxygen atoms in total. The van der Waals surface area contributed by atoms with Crippen LogP contribution in [0, 0.1) is 5.92 Å². The molecule has 1 saturated heterocycles. The number of pyridine rings is 1. The number of fused-ring (bicyclic) bond motifs is 1. The second-order valence-corrected chi connectivity index (χ2v) is 7.19. The number of anilines is 1. The summed E-state index contributed by atoms with van der Waals surface area (Å²) in [5.41, 5.74) is 6.61. The van der Waals surface area contributed by atoms with E-state index in [4.69, 9.17) is 5.73 Å². The van der Waals surface area contributed by atoms with Gasteiger partial charge in [0.2, 0.25) is 0 Å². The Balaban J connectivity index is 1.70. The smallest absolute Gasteiger partial charge is 0.263 e. The molecule has 3 rings (SSSR count). The molecule has 3 N–H and O–H groups in total. The lowest BCUT2D eigenvalue weighted by Crippen LogP contribution is -2.30. The molecule has 0 bridgehead atoms. The number of hydrogen-bond donors (Lipinski definition) is 2. The SMILES string of the molecule is Nc1c(C(=O)NCC2CCSCC2)sc2ncccc12. The molecular weight excluding hydrogens is 290 g/mol. The highest BCUT2D eigenvalue weighted by Crippen LogP contribution is 2.31. The van der Waals surface area contributed by atoms with E-state index in [0.29, 0.717) is 16.5 Å².